The number of benzene rings is 1. The molecule has 26 heavy (non-hydrogen) atoms. The number of fused-ring (bicyclic) bond motifs is 5. The summed E-state index contributed by atoms with van der Waals surface area (Å²) in [6.45, 7) is 1.05. The van der Waals surface area contributed by atoms with Crippen molar-refractivity contribution < 1.29 is 23.7 Å². The molecule has 6 heteroatoms. The van der Waals surface area contributed by atoms with Crippen LogP contribution in [-0.4, -0.2) is 65.2 Å². The summed E-state index contributed by atoms with van der Waals surface area (Å²) in [7, 11) is 8.90. The van der Waals surface area contributed by atoms with E-state index in [0.29, 0.717) is 11.8 Å². The lowest BCUT2D eigenvalue weighted by Crippen LogP contribution is -2.51. The Kier molecular flexibility index (Phi) is 4.69. The molecule has 0 spiro atoms. The van der Waals surface area contributed by atoms with E-state index in [1.54, 1.807) is 28.4 Å². The number of likely N-dealkylation sites (tertiary alicyclic amines) is 1. The Balaban J connectivity index is 1.89. The highest BCUT2D eigenvalue weighted by Crippen LogP contribution is 2.51. The van der Waals surface area contributed by atoms with E-state index in [1.807, 2.05) is 6.07 Å². The molecule has 6 nitrogen and oxygen atoms in total. The molecule has 3 aliphatic rings. The molecular weight excluding hydrogens is 334 g/mol. The molecule has 0 radical (unpaired) electrons. The van der Waals surface area contributed by atoms with Crippen LogP contribution in [-0.2, 0) is 14.2 Å². The molecule has 142 valence electrons. The van der Waals surface area contributed by atoms with Crippen molar-refractivity contribution in [3.63, 3.8) is 0 Å². The van der Waals surface area contributed by atoms with Gasteiger partial charge in [0, 0.05) is 38.3 Å². The summed E-state index contributed by atoms with van der Waals surface area (Å²) in [4.78, 5) is 2.41. The minimum Gasteiger partial charge on any atom is -0.493 e. The Morgan fingerprint density at radius 2 is 1.69 bits per heavy atom. The molecule has 1 aromatic rings. The molecule has 1 aliphatic carbocycles. The van der Waals surface area contributed by atoms with Crippen molar-refractivity contribution in [1.29, 1.82) is 0 Å². The summed E-state index contributed by atoms with van der Waals surface area (Å²) >= 11 is 0. The summed E-state index contributed by atoms with van der Waals surface area (Å²) in [5, 5.41) is 0. The standard InChI is InChI=1S/C20H27NO5/c1-21-7-6-11-8-16(24-4)19-17(18(11)21)12-9-14(22-2)15(23-3)10-13(12)20(25-5)26-19/h8-10,16-20H,6-7H2,1-5H3. The normalized spacial score (nSPS) is 33.1. The molecule has 5 unspecified atom stereocenters. The first-order chi connectivity index (χ1) is 12.6. The zero-order chi connectivity index (χ0) is 18.4. The van der Waals surface area contributed by atoms with E-state index in [-0.39, 0.29) is 18.1 Å². The van der Waals surface area contributed by atoms with Gasteiger partial charge in [0.1, 0.15) is 6.10 Å². The predicted octanol–water partition coefficient (Wildman–Crippen LogP) is 2.49. The monoisotopic (exact) mass is 361 g/mol. The maximum atomic E-state index is 6.38. The fourth-order valence-electron chi connectivity index (χ4n) is 4.77. The molecular formula is C20H27NO5. The third-order valence-corrected chi connectivity index (χ3v) is 5.97. The third kappa shape index (κ3) is 2.55. The first-order valence-corrected chi connectivity index (χ1v) is 9.00. The Bertz CT molecular complexity index is 718. The van der Waals surface area contributed by atoms with Gasteiger partial charge >= 0.3 is 0 Å². The van der Waals surface area contributed by atoms with Crippen molar-refractivity contribution in [2.24, 2.45) is 0 Å². The average Bonchev–Trinajstić information content (AvgIpc) is 3.05. The van der Waals surface area contributed by atoms with E-state index in [4.69, 9.17) is 23.7 Å². The highest BCUT2D eigenvalue weighted by molar-refractivity contribution is 5.52. The van der Waals surface area contributed by atoms with Crippen molar-refractivity contribution in [1.82, 2.24) is 4.90 Å². The Morgan fingerprint density at radius 1 is 1.00 bits per heavy atom. The quantitative estimate of drug-likeness (QED) is 0.768. The molecule has 4 rings (SSSR count). The van der Waals surface area contributed by atoms with Gasteiger partial charge in [-0.1, -0.05) is 11.6 Å². The van der Waals surface area contributed by atoms with Crippen molar-refractivity contribution in [3.8, 4) is 11.5 Å². The summed E-state index contributed by atoms with van der Waals surface area (Å²) in [6, 6.07) is 4.37. The molecule has 0 bridgehead atoms. The molecule has 1 saturated heterocycles. The number of rotatable bonds is 4. The molecule has 0 aromatic heterocycles. The zero-order valence-corrected chi connectivity index (χ0v) is 16.0. The van der Waals surface area contributed by atoms with E-state index in [0.717, 1.165) is 24.3 Å². The summed E-state index contributed by atoms with van der Waals surface area (Å²) in [5.74, 6) is 1.58. The predicted molar refractivity (Wildman–Crippen MR) is 96.8 cm³/mol. The van der Waals surface area contributed by atoms with Gasteiger partial charge in [-0.05, 0) is 31.2 Å². The molecule has 2 heterocycles. The minimum atomic E-state index is -0.453. The van der Waals surface area contributed by atoms with Crippen LogP contribution in [0.3, 0.4) is 0 Å². The second-order valence-electron chi connectivity index (χ2n) is 7.15. The van der Waals surface area contributed by atoms with Gasteiger partial charge in [-0.15, -0.1) is 0 Å². The van der Waals surface area contributed by atoms with Crippen LogP contribution in [0.5, 0.6) is 11.5 Å². The smallest absolute Gasteiger partial charge is 0.184 e. The number of ether oxygens (including phenoxy) is 5. The Morgan fingerprint density at radius 3 is 2.31 bits per heavy atom. The van der Waals surface area contributed by atoms with Crippen LogP contribution >= 0.6 is 0 Å². The van der Waals surface area contributed by atoms with Crippen LogP contribution in [0.25, 0.3) is 0 Å². The fraction of sp³-hybridized carbons (Fsp3) is 0.600. The molecule has 0 amide bonds. The molecule has 2 aliphatic heterocycles. The van der Waals surface area contributed by atoms with Gasteiger partial charge < -0.3 is 23.7 Å². The zero-order valence-electron chi connectivity index (χ0n) is 16.0. The second kappa shape index (κ2) is 6.85. The van der Waals surface area contributed by atoms with Gasteiger partial charge in [-0.2, -0.15) is 0 Å². The van der Waals surface area contributed by atoms with E-state index in [2.05, 4.69) is 24.1 Å². The lowest BCUT2D eigenvalue weighted by Gasteiger charge is -2.47. The minimum absolute atomic E-state index is 0.0864. The SMILES string of the molecule is COc1cc2c(cc1OC)C1C(OC2OC)C(OC)C=C2CCN(C)C21. The lowest BCUT2D eigenvalue weighted by molar-refractivity contribution is -0.203. The van der Waals surface area contributed by atoms with Crippen LogP contribution in [0, 0.1) is 0 Å². The number of likely N-dealkylation sites (N-methyl/N-ethyl adjacent to an activating group) is 1. The van der Waals surface area contributed by atoms with Gasteiger partial charge in [0.05, 0.1) is 20.3 Å². The second-order valence-corrected chi connectivity index (χ2v) is 7.15. The molecule has 1 fully saturated rings. The summed E-state index contributed by atoms with van der Waals surface area (Å²) in [6.07, 6.45) is 2.67. The van der Waals surface area contributed by atoms with Gasteiger partial charge in [-0.3, -0.25) is 4.90 Å². The molecule has 0 N–H and O–H groups in total. The van der Waals surface area contributed by atoms with Gasteiger partial charge in [0.2, 0.25) is 0 Å². The van der Waals surface area contributed by atoms with Crippen LogP contribution in [0.1, 0.15) is 29.8 Å². The van der Waals surface area contributed by atoms with Crippen molar-refractivity contribution in [2.45, 2.75) is 36.9 Å². The highest BCUT2D eigenvalue weighted by atomic mass is 16.7. The van der Waals surface area contributed by atoms with Crippen molar-refractivity contribution in [3.05, 3.63) is 34.9 Å². The van der Waals surface area contributed by atoms with Crippen LogP contribution < -0.4 is 9.47 Å². The summed E-state index contributed by atoms with van der Waals surface area (Å²) in [5.41, 5.74) is 3.63. The number of methoxy groups -OCH3 is 4. The summed E-state index contributed by atoms with van der Waals surface area (Å²) < 4.78 is 28.9. The fourth-order valence-corrected chi connectivity index (χ4v) is 4.77. The van der Waals surface area contributed by atoms with Crippen molar-refractivity contribution in [2.75, 3.05) is 42.0 Å². The molecule has 1 aromatic carbocycles. The molecule has 5 atom stereocenters. The van der Waals surface area contributed by atoms with Crippen LogP contribution in [0.4, 0.5) is 0 Å². The Hall–Kier alpha value is -1.60. The van der Waals surface area contributed by atoms with Crippen LogP contribution in [0.2, 0.25) is 0 Å². The maximum absolute atomic E-state index is 6.38. The largest absolute Gasteiger partial charge is 0.493 e. The van der Waals surface area contributed by atoms with Crippen molar-refractivity contribution >= 4 is 0 Å². The van der Waals surface area contributed by atoms with Gasteiger partial charge in [-0.25, -0.2) is 0 Å². The van der Waals surface area contributed by atoms with Crippen LogP contribution in [0.15, 0.2) is 23.8 Å². The highest BCUT2D eigenvalue weighted by Gasteiger charge is 2.50. The maximum Gasteiger partial charge on any atom is 0.184 e. The number of nitrogens with zero attached hydrogens (tertiary/aromatic N) is 1. The molecule has 0 saturated carbocycles. The lowest BCUT2D eigenvalue weighted by atomic mass is 9.73. The van der Waals surface area contributed by atoms with E-state index >= 15 is 0 Å². The Labute approximate surface area is 154 Å². The van der Waals surface area contributed by atoms with Gasteiger partial charge in [0.25, 0.3) is 0 Å². The first-order valence-electron chi connectivity index (χ1n) is 9.00. The first kappa shape index (κ1) is 17.8. The number of hydrogen-bond acceptors (Lipinski definition) is 6. The van der Waals surface area contributed by atoms with Gasteiger partial charge in [0.15, 0.2) is 17.8 Å². The van der Waals surface area contributed by atoms with E-state index in [9.17, 15) is 0 Å². The topological polar surface area (TPSA) is 49.4 Å². The third-order valence-electron chi connectivity index (χ3n) is 5.97. The average molecular weight is 361 g/mol. The number of hydrogen-bond donors (Lipinski definition) is 0. The van der Waals surface area contributed by atoms with E-state index in [1.165, 1.54) is 11.1 Å². The van der Waals surface area contributed by atoms with E-state index < -0.39 is 6.29 Å².